The van der Waals surface area contributed by atoms with Crippen LogP contribution in [-0.4, -0.2) is 126 Å². The first kappa shape index (κ1) is 30.4. The monoisotopic (exact) mass is 596 g/mol. The number of aliphatic hydroxyl groups excluding tert-OH is 8. The highest BCUT2D eigenvalue weighted by Crippen LogP contribution is 2.42. The summed E-state index contributed by atoms with van der Waals surface area (Å²) in [6.45, 7) is -1.27. The fourth-order valence-corrected chi connectivity index (χ4v) is 5.03. The van der Waals surface area contributed by atoms with E-state index in [-0.39, 0.29) is 29.2 Å². The summed E-state index contributed by atoms with van der Waals surface area (Å²) >= 11 is 0. The minimum Gasteiger partial charge on any atom is -0.507 e. The number of aliphatic hydroxyl groups is 8. The van der Waals surface area contributed by atoms with Crippen molar-refractivity contribution in [3.63, 3.8) is 0 Å². The van der Waals surface area contributed by atoms with Crippen LogP contribution in [0.2, 0.25) is 0 Å². The molecule has 0 aromatic heterocycles. The Labute approximate surface area is 238 Å². The van der Waals surface area contributed by atoms with E-state index in [9.17, 15) is 50.8 Å². The fourth-order valence-electron chi connectivity index (χ4n) is 5.03. The standard InChI is InChI=1S/C27H32O15/c28-8-17-20(32)22(34)24(36)26(41-17)38-11-3-1-10(2-4-11)15-7-14(31)19-13(30)5-12(6-16(19)40-15)39-27-25(37)23(35)21(33)18(9-29)42-27/h1-6,15,17-18,20-30,32-37H,7-9H2/t15-,17-,18-,20-,21-,22+,23+,24-,25-,26-,27-/m1/s1. The minimum absolute atomic E-state index is 0.0301. The number of Topliss-reactive ketones (excluding diaryl/α,β-unsaturated/α-hetero) is 1. The molecule has 11 atom stereocenters. The molecule has 0 bridgehead atoms. The molecule has 0 saturated carbocycles. The van der Waals surface area contributed by atoms with Crippen molar-refractivity contribution < 1.29 is 74.4 Å². The smallest absolute Gasteiger partial charge is 0.229 e. The van der Waals surface area contributed by atoms with E-state index in [2.05, 4.69) is 0 Å². The van der Waals surface area contributed by atoms with Gasteiger partial charge in [0.1, 0.15) is 83.5 Å². The molecule has 0 unspecified atom stereocenters. The lowest BCUT2D eigenvalue weighted by atomic mass is 9.95. The average Bonchev–Trinajstić information content (AvgIpc) is 2.97. The van der Waals surface area contributed by atoms with E-state index in [4.69, 9.17) is 23.7 Å². The lowest BCUT2D eigenvalue weighted by molar-refractivity contribution is -0.277. The Bertz CT molecular complexity index is 1250. The Morgan fingerprint density at radius 2 is 1.24 bits per heavy atom. The molecule has 9 N–H and O–H groups in total. The zero-order valence-electron chi connectivity index (χ0n) is 21.9. The van der Waals surface area contributed by atoms with Crippen molar-refractivity contribution in [2.24, 2.45) is 0 Å². The summed E-state index contributed by atoms with van der Waals surface area (Å²) < 4.78 is 27.8. The number of phenols is 1. The van der Waals surface area contributed by atoms with Gasteiger partial charge in [-0.15, -0.1) is 0 Å². The second-order valence-electron chi connectivity index (χ2n) is 10.2. The van der Waals surface area contributed by atoms with Crippen LogP contribution in [0.15, 0.2) is 36.4 Å². The van der Waals surface area contributed by atoms with E-state index in [1.807, 2.05) is 0 Å². The van der Waals surface area contributed by atoms with Gasteiger partial charge >= 0.3 is 0 Å². The van der Waals surface area contributed by atoms with Gasteiger partial charge in [-0.25, -0.2) is 0 Å². The summed E-state index contributed by atoms with van der Waals surface area (Å²) in [6.07, 6.45) is -15.9. The van der Waals surface area contributed by atoms with Crippen LogP contribution in [0.25, 0.3) is 0 Å². The summed E-state index contributed by atoms with van der Waals surface area (Å²) in [5.74, 6) is -0.804. The zero-order chi connectivity index (χ0) is 30.3. The number of fused-ring (bicyclic) bond motifs is 1. The molecule has 0 radical (unpaired) electrons. The number of ketones is 1. The van der Waals surface area contributed by atoms with Crippen LogP contribution in [0.3, 0.4) is 0 Å². The largest absolute Gasteiger partial charge is 0.507 e. The maximum absolute atomic E-state index is 12.9. The number of phenolic OH excluding ortho intramolecular Hbond substituents is 1. The summed E-state index contributed by atoms with van der Waals surface area (Å²) in [5.41, 5.74) is 0.449. The molecule has 5 rings (SSSR count). The SMILES string of the molecule is O=C1C[C@H](c2ccc(O[C@@H]3O[C@H](CO)[C@@H](O)[C@H](O)[C@H]3O)cc2)Oc2cc(O[C@@H]3O[C@H](CO)[C@@H](O)[C@H](O)[C@H]3O)cc(O)c21. The molecule has 2 saturated heterocycles. The van der Waals surface area contributed by atoms with Crippen molar-refractivity contribution in [3.05, 3.63) is 47.5 Å². The van der Waals surface area contributed by atoms with Gasteiger partial charge in [-0.2, -0.15) is 0 Å². The highest BCUT2D eigenvalue weighted by molar-refractivity contribution is 6.02. The van der Waals surface area contributed by atoms with E-state index in [0.717, 1.165) is 6.07 Å². The Morgan fingerprint density at radius 1 is 0.714 bits per heavy atom. The summed E-state index contributed by atoms with van der Waals surface area (Å²) in [5, 5.41) is 89.6. The number of hydrogen-bond donors (Lipinski definition) is 9. The van der Waals surface area contributed by atoms with Gasteiger partial charge < -0.3 is 69.6 Å². The second-order valence-corrected chi connectivity index (χ2v) is 10.2. The Hall–Kier alpha value is -3.09. The molecular weight excluding hydrogens is 564 g/mol. The molecule has 3 heterocycles. The molecule has 0 spiro atoms. The van der Waals surface area contributed by atoms with Crippen molar-refractivity contribution in [2.45, 2.75) is 73.9 Å². The van der Waals surface area contributed by atoms with Gasteiger partial charge in [-0.05, 0) is 17.7 Å². The van der Waals surface area contributed by atoms with Crippen LogP contribution in [0.1, 0.15) is 28.4 Å². The van der Waals surface area contributed by atoms with E-state index in [1.54, 1.807) is 12.1 Å². The molecule has 15 nitrogen and oxygen atoms in total. The van der Waals surface area contributed by atoms with Gasteiger partial charge in [-0.3, -0.25) is 4.79 Å². The highest BCUT2D eigenvalue weighted by Gasteiger charge is 2.46. The second kappa shape index (κ2) is 12.3. The van der Waals surface area contributed by atoms with E-state index < -0.39 is 92.3 Å². The van der Waals surface area contributed by atoms with Gasteiger partial charge in [0.15, 0.2) is 5.78 Å². The fraction of sp³-hybridized carbons (Fsp3) is 0.519. The molecular formula is C27H32O15. The van der Waals surface area contributed by atoms with Crippen LogP contribution in [0, 0.1) is 0 Å². The van der Waals surface area contributed by atoms with Crippen molar-refractivity contribution in [1.82, 2.24) is 0 Å². The quantitative estimate of drug-likeness (QED) is 0.160. The molecule has 15 heteroatoms. The van der Waals surface area contributed by atoms with Crippen molar-refractivity contribution in [3.8, 4) is 23.0 Å². The average molecular weight is 597 g/mol. The van der Waals surface area contributed by atoms with E-state index in [1.165, 1.54) is 18.2 Å². The molecule has 42 heavy (non-hydrogen) atoms. The first-order valence-electron chi connectivity index (χ1n) is 13.1. The minimum atomic E-state index is -1.69. The van der Waals surface area contributed by atoms with Crippen LogP contribution >= 0.6 is 0 Å². The Kier molecular flexibility index (Phi) is 8.86. The molecule has 0 amide bonds. The number of ether oxygens (including phenoxy) is 5. The van der Waals surface area contributed by atoms with Crippen LogP contribution in [-0.2, 0) is 9.47 Å². The normalized spacial score (nSPS) is 36.6. The van der Waals surface area contributed by atoms with Crippen LogP contribution in [0.4, 0.5) is 0 Å². The molecule has 3 aliphatic rings. The molecule has 0 aliphatic carbocycles. The first-order chi connectivity index (χ1) is 20.0. The predicted octanol–water partition coefficient (Wildman–Crippen LogP) is -2.54. The number of carbonyl (C=O) groups excluding carboxylic acids is 1. The van der Waals surface area contributed by atoms with Crippen LogP contribution in [0.5, 0.6) is 23.0 Å². The van der Waals surface area contributed by atoms with Crippen molar-refractivity contribution in [1.29, 1.82) is 0 Å². The maximum Gasteiger partial charge on any atom is 0.229 e. The first-order valence-corrected chi connectivity index (χ1v) is 13.1. The Morgan fingerprint density at radius 3 is 1.76 bits per heavy atom. The molecule has 2 fully saturated rings. The Balaban J connectivity index is 1.29. The topological polar surface area (TPSA) is 245 Å². The molecule has 2 aromatic carbocycles. The third-order valence-corrected chi connectivity index (χ3v) is 7.43. The van der Waals surface area contributed by atoms with E-state index in [0.29, 0.717) is 5.56 Å². The van der Waals surface area contributed by atoms with Gasteiger partial charge in [0.2, 0.25) is 12.6 Å². The summed E-state index contributed by atoms with van der Waals surface area (Å²) in [6, 6.07) is 8.55. The predicted molar refractivity (Wildman–Crippen MR) is 136 cm³/mol. The van der Waals surface area contributed by atoms with E-state index >= 15 is 0 Å². The maximum atomic E-state index is 12.9. The molecule has 3 aliphatic heterocycles. The van der Waals surface area contributed by atoms with Gasteiger partial charge in [0.05, 0.1) is 19.6 Å². The van der Waals surface area contributed by atoms with Gasteiger partial charge in [-0.1, -0.05) is 12.1 Å². The van der Waals surface area contributed by atoms with Crippen molar-refractivity contribution in [2.75, 3.05) is 13.2 Å². The van der Waals surface area contributed by atoms with Crippen LogP contribution < -0.4 is 14.2 Å². The third-order valence-electron chi connectivity index (χ3n) is 7.43. The lowest BCUT2D eigenvalue weighted by Crippen LogP contribution is -2.60. The number of benzene rings is 2. The number of rotatable bonds is 7. The van der Waals surface area contributed by atoms with Gasteiger partial charge in [0.25, 0.3) is 0 Å². The molecule has 230 valence electrons. The number of carbonyl (C=O) groups is 1. The lowest BCUT2D eigenvalue weighted by Gasteiger charge is -2.39. The summed E-state index contributed by atoms with van der Waals surface area (Å²) in [4.78, 5) is 12.9. The number of aromatic hydroxyl groups is 1. The highest BCUT2D eigenvalue weighted by atomic mass is 16.7. The summed E-state index contributed by atoms with van der Waals surface area (Å²) in [7, 11) is 0. The molecule has 2 aromatic rings. The zero-order valence-corrected chi connectivity index (χ0v) is 21.9. The van der Waals surface area contributed by atoms with Crippen molar-refractivity contribution >= 4 is 5.78 Å². The third kappa shape index (κ3) is 5.76. The van der Waals surface area contributed by atoms with Gasteiger partial charge in [0, 0.05) is 12.1 Å². The number of hydrogen-bond acceptors (Lipinski definition) is 15.